The average Bonchev–Trinajstić information content (AvgIpc) is 3.76. The minimum Gasteiger partial charge on any atom is -0.439 e. The Morgan fingerprint density at radius 3 is 2.57 bits per heavy atom. The number of carbonyl (C=O) groups excluding carboxylic acids is 2. The molecule has 2 saturated carbocycles. The molecule has 2 aliphatic carbocycles. The van der Waals surface area contributed by atoms with Crippen LogP contribution in [0.25, 0.3) is 11.3 Å². The fourth-order valence-corrected chi connectivity index (χ4v) is 5.57. The minimum atomic E-state index is -0.507. The Hall–Kier alpha value is -3.70. The maximum atomic E-state index is 13.1. The lowest BCUT2D eigenvalue weighted by Gasteiger charge is -2.36. The minimum absolute atomic E-state index is 0.0279. The molecule has 2 aromatic heterocycles. The van der Waals surface area contributed by atoms with Crippen molar-refractivity contribution >= 4 is 29.5 Å². The van der Waals surface area contributed by atoms with Crippen molar-refractivity contribution in [3.63, 3.8) is 0 Å². The Labute approximate surface area is 250 Å². The van der Waals surface area contributed by atoms with Crippen LogP contribution in [0.3, 0.4) is 0 Å². The van der Waals surface area contributed by atoms with Crippen molar-refractivity contribution in [3.05, 3.63) is 59.0 Å². The van der Waals surface area contributed by atoms with Crippen molar-refractivity contribution in [1.82, 2.24) is 30.0 Å². The smallest absolute Gasteiger partial charge is 0.410 e. The standard InChI is InChI=1S/C30H38ClN7O4/c1-37-26(14-20-8-9-20)24(15-34-37)28-25(31)16-32-29(36-28)35-22-10-12-23(13-11-22)38(17-21-6-4-3-5-7-21)30(40)42-18-27(39)33-19-41-2/h3-7,15-16,20,22-23H,8-14,17-19H2,1-2H3,(H,33,39)(H,32,35,36). The van der Waals surface area contributed by atoms with Crippen LogP contribution in [0.2, 0.25) is 5.02 Å². The highest BCUT2D eigenvalue weighted by Crippen LogP contribution is 2.37. The predicted octanol–water partition coefficient (Wildman–Crippen LogP) is 4.57. The SMILES string of the molecule is COCNC(=O)COC(=O)N(Cc1ccccc1)C1CCC(Nc2ncc(Cl)c(-c3cnn(C)c3CC3CC3)n2)CC1. The first-order valence-corrected chi connectivity index (χ1v) is 14.8. The highest BCUT2D eigenvalue weighted by molar-refractivity contribution is 6.33. The van der Waals surface area contributed by atoms with Crippen molar-refractivity contribution in [2.75, 3.05) is 25.8 Å². The molecule has 224 valence electrons. The molecule has 0 unspecified atom stereocenters. The van der Waals surface area contributed by atoms with Gasteiger partial charge in [0.25, 0.3) is 5.91 Å². The van der Waals surface area contributed by atoms with Gasteiger partial charge in [0.15, 0.2) is 6.61 Å². The zero-order chi connectivity index (χ0) is 29.5. The molecule has 2 amide bonds. The van der Waals surface area contributed by atoms with Crippen LogP contribution in [-0.2, 0) is 34.3 Å². The van der Waals surface area contributed by atoms with Crippen LogP contribution in [0, 0.1) is 5.92 Å². The van der Waals surface area contributed by atoms with E-state index in [9.17, 15) is 9.59 Å². The van der Waals surface area contributed by atoms with Crippen molar-refractivity contribution in [3.8, 4) is 11.3 Å². The molecule has 42 heavy (non-hydrogen) atoms. The van der Waals surface area contributed by atoms with E-state index in [0.717, 1.165) is 48.9 Å². The fourth-order valence-electron chi connectivity index (χ4n) is 5.37. The number of halogens is 1. The second-order valence-corrected chi connectivity index (χ2v) is 11.4. The maximum absolute atomic E-state index is 13.1. The average molecular weight is 596 g/mol. The first-order valence-electron chi connectivity index (χ1n) is 14.4. The summed E-state index contributed by atoms with van der Waals surface area (Å²) < 4.78 is 12.1. The molecular formula is C30H38ClN7O4. The van der Waals surface area contributed by atoms with Gasteiger partial charge in [-0.15, -0.1) is 0 Å². The van der Waals surface area contributed by atoms with E-state index in [1.54, 1.807) is 11.1 Å². The largest absolute Gasteiger partial charge is 0.439 e. The molecule has 3 aromatic rings. The van der Waals surface area contributed by atoms with Gasteiger partial charge in [-0.05, 0) is 56.4 Å². The van der Waals surface area contributed by atoms with Crippen LogP contribution in [0.15, 0.2) is 42.7 Å². The third kappa shape index (κ3) is 7.77. The molecule has 1 aromatic carbocycles. The molecule has 12 heteroatoms. The quantitative estimate of drug-likeness (QED) is 0.292. The summed E-state index contributed by atoms with van der Waals surface area (Å²) in [7, 11) is 3.44. The number of aryl methyl sites for hydroxylation is 1. The lowest BCUT2D eigenvalue weighted by Crippen LogP contribution is -2.44. The topological polar surface area (TPSA) is 123 Å². The first kappa shape index (κ1) is 29.8. The van der Waals surface area contributed by atoms with Crippen molar-refractivity contribution in [1.29, 1.82) is 0 Å². The second-order valence-electron chi connectivity index (χ2n) is 11.0. The zero-order valence-corrected chi connectivity index (χ0v) is 24.8. The van der Waals surface area contributed by atoms with Gasteiger partial charge in [-0.2, -0.15) is 5.10 Å². The molecule has 0 aliphatic heterocycles. The van der Waals surface area contributed by atoms with Crippen molar-refractivity contribution in [2.45, 2.75) is 63.6 Å². The number of anilines is 1. The van der Waals surface area contributed by atoms with Gasteiger partial charge in [-0.25, -0.2) is 14.8 Å². The van der Waals surface area contributed by atoms with Gasteiger partial charge in [-0.1, -0.05) is 41.9 Å². The molecular weight excluding hydrogens is 558 g/mol. The first-order chi connectivity index (χ1) is 20.4. The van der Waals surface area contributed by atoms with Crippen LogP contribution in [0.4, 0.5) is 10.7 Å². The van der Waals surface area contributed by atoms with Gasteiger partial charge < -0.3 is 25.0 Å². The molecule has 2 N–H and O–H groups in total. The van der Waals surface area contributed by atoms with Gasteiger partial charge in [-0.3, -0.25) is 9.48 Å². The van der Waals surface area contributed by atoms with E-state index in [-0.39, 0.29) is 25.4 Å². The molecule has 0 radical (unpaired) electrons. The van der Waals surface area contributed by atoms with E-state index in [0.29, 0.717) is 29.1 Å². The van der Waals surface area contributed by atoms with Crippen LogP contribution in [0.1, 0.15) is 49.8 Å². The number of carbonyl (C=O) groups is 2. The fraction of sp³-hybridized carbons (Fsp3) is 0.500. The van der Waals surface area contributed by atoms with Crippen LogP contribution >= 0.6 is 11.6 Å². The van der Waals surface area contributed by atoms with E-state index in [1.165, 1.54) is 20.0 Å². The second kappa shape index (κ2) is 14.0. The zero-order valence-electron chi connectivity index (χ0n) is 24.1. The highest BCUT2D eigenvalue weighted by atomic mass is 35.5. The van der Waals surface area contributed by atoms with Crippen molar-refractivity contribution in [2.24, 2.45) is 13.0 Å². The monoisotopic (exact) mass is 595 g/mol. The van der Waals surface area contributed by atoms with Gasteiger partial charge in [0, 0.05) is 44.0 Å². The van der Waals surface area contributed by atoms with Gasteiger partial charge >= 0.3 is 6.09 Å². The summed E-state index contributed by atoms with van der Waals surface area (Å²) >= 11 is 6.56. The van der Waals surface area contributed by atoms with Gasteiger partial charge in [0.1, 0.15) is 6.73 Å². The van der Waals surface area contributed by atoms with E-state index >= 15 is 0 Å². The normalized spacial score (nSPS) is 18.4. The molecule has 2 fully saturated rings. The third-order valence-corrected chi connectivity index (χ3v) is 8.16. The van der Waals surface area contributed by atoms with Gasteiger partial charge in [0.2, 0.25) is 5.95 Å². The predicted molar refractivity (Wildman–Crippen MR) is 159 cm³/mol. The Kier molecular flexibility index (Phi) is 9.91. The summed E-state index contributed by atoms with van der Waals surface area (Å²) in [5.41, 5.74) is 3.79. The lowest BCUT2D eigenvalue weighted by molar-refractivity contribution is -0.125. The number of amides is 2. The summed E-state index contributed by atoms with van der Waals surface area (Å²) in [5.74, 6) is 0.826. The van der Waals surface area contributed by atoms with E-state index in [2.05, 4.69) is 20.7 Å². The number of benzene rings is 1. The van der Waals surface area contributed by atoms with Crippen LogP contribution in [-0.4, -0.2) is 69.2 Å². The Balaban J connectivity index is 1.22. The van der Waals surface area contributed by atoms with Gasteiger partial charge in [0.05, 0.1) is 23.1 Å². The number of methoxy groups -OCH3 is 1. The summed E-state index contributed by atoms with van der Waals surface area (Å²) in [6, 6.07) is 9.90. The highest BCUT2D eigenvalue weighted by Gasteiger charge is 2.31. The van der Waals surface area contributed by atoms with E-state index in [1.807, 2.05) is 48.3 Å². The Morgan fingerprint density at radius 1 is 1.10 bits per heavy atom. The molecule has 0 atom stereocenters. The van der Waals surface area contributed by atoms with Crippen LogP contribution in [0.5, 0.6) is 0 Å². The van der Waals surface area contributed by atoms with E-state index < -0.39 is 12.0 Å². The molecule has 11 nitrogen and oxygen atoms in total. The molecule has 2 heterocycles. The number of hydrogen-bond donors (Lipinski definition) is 2. The summed E-state index contributed by atoms with van der Waals surface area (Å²) in [5, 5.41) is 11.0. The summed E-state index contributed by atoms with van der Waals surface area (Å²) in [6.45, 7) is 0.101. The number of aromatic nitrogens is 4. The number of hydrogen-bond acceptors (Lipinski definition) is 8. The summed E-state index contributed by atoms with van der Waals surface area (Å²) in [4.78, 5) is 36.1. The van der Waals surface area contributed by atoms with Crippen LogP contribution < -0.4 is 10.6 Å². The number of nitrogens with one attached hydrogen (secondary N) is 2. The number of ether oxygens (including phenoxy) is 2. The molecule has 0 saturated heterocycles. The maximum Gasteiger partial charge on any atom is 0.410 e. The molecule has 0 bridgehead atoms. The third-order valence-electron chi connectivity index (χ3n) is 7.88. The van der Waals surface area contributed by atoms with Crippen molar-refractivity contribution < 1.29 is 19.1 Å². The lowest BCUT2D eigenvalue weighted by atomic mass is 9.90. The number of nitrogens with zero attached hydrogens (tertiary/aromatic N) is 5. The molecule has 5 rings (SSSR count). The summed E-state index contributed by atoms with van der Waals surface area (Å²) in [6.07, 6.45) is 9.62. The molecule has 2 aliphatic rings. The Bertz CT molecular complexity index is 1360. The number of rotatable bonds is 12. The van der Waals surface area contributed by atoms with E-state index in [4.69, 9.17) is 26.1 Å². The molecule has 0 spiro atoms. The Morgan fingerprint density at radius 2 is 1.86 bits per heavy atom.